The number of benzene rings is 1. The van der Waals surface area contributed by atoms with E-state index in [4.69, 9.17) is 9.72 Å². The van der Waals surface area contributed by atoms with Crippen molar-refractivity contribution in [2.75, 3.05) is 26.2 Å². The smallest absolute Gasteiger partial charge is 0.338 e. The van der Waals surface area contributed by atoms with Gasteiger partial charge in [-0.05, 0) is 64.9 Å². The number of carbonyl (C=O) groups excluding carboxylic acids is 1. The number of likely N-dealkylation sites (tertiary alicyclic amines) is 1. The molecule has 0 saturated carbocycles. The van der Waals surface area contributed by atoms with Gasteiger partial charge in [-0.2, -0.15) is 0 Å². The number of hydrogen-bond donors (Lipinski definition) is 0. The zero-order valence-corrected chi connectivity index (χ0v) is 15.6. The van der Waals surface area contributed by atoms with Gasteiger partial charge >= 0.3 is 5.97 Å². The first-order chi connectivity index (χ1) is 12.1. The van der Waals surface area contributed by atoms with Crippen molar-refractivity contribution in [3.8, 4) is 0 Å². The zero-order valence-electron chi connectivity index (χ0n) is 15.6. The number of fused-ring (bicyclic) bond motifs is 1. The molecule has 1 aromatic heterocycles. The fraction of sp³-hybridized carbons (Fsp3) is 0.600. The predicted molar refractivity (Wildman–Crippen MR) is 100 cm³/mol. The van der Waals surface area contributed by atoms with E-state index in [0.717, 1.165) is 29.8 Å². The lowest BCUT2D eigenvalue weighted by Crippen LogP contribution is -2.32. The Labute approximate surface area is 150 Å². The monoisotopic (exact) mass is 343 g/mol. The molecule has 2 aromatic rings. The molecule has 0 radical (unpaired) electrons. The number of esters is 1. The van der Waals surface area contributed by atoms with E-state index < -0.39 is 0 Å². The Bertz CT molecular complexity index is 730. The topological polar surface area (TPSA) is 47.4 Å². The molecular formula is C20H29N3O2. The van der Waals surface area contributed by atoms with Crippen LogP contribution in [0.4, 0.5) is 0 Å². The van der Waals surface area contributed by atoms with Gasteiger partial charge in [0.2, 0.25) is 0 Å². The number of aromatic nitrogens is 2. The molecule has 3 rings (SSSR count). The molecule has 0 unspecified atom stereocenters. The van der Waals surface area contributed by atoms with Crippen LogP contribution in [0.25, 0.3) is 11.0 Å². The van der Waals surface area contributed by atoms with Gasteiger partial charge in [0, 0.05) is 19.0 Å². The van der Waals surface area contributed by atoms with Crippen LogP contribution in [0.2, 0.25) is 0 Å². The maximum Gasteiger partial charge on any atom is 0.338 e. The van der Waals surface area contributed by atoms with Gasteiger partial charge in [0.25, 0.3) is 0 Å². The fourth-order valence-electron chi connectivity index (χ4n) is 3.68. The van der Waals surface area contributed by atoms with Gasteiger partial charge in [-0.3, -0.25) is 0 Å². The van der Waals surface area contributed by atoms with Gasteiger partial charge in [-0.15, -0.1) is 0 Å². The lowest BCUT2D eigenvalue weighted by molar-refractivity contribution is 0.0526. The quantitative estimate of drug-likeness (QED) is 0.748. The molecule has 0 amide bonds. The van der Waals surface area contributed by atoms with Crippen molar-refractivity contribution in [1.82, 2.24) is 14.5 Å². The van der Waals surface area contributed by atoms with Crippen molar-refractivity contribution in [2.24, 2.45) is 0 Å². The molecule has 0 atom stereocenters. The van der Waals surface area contributed by atoms with Crippen LogP contribution in [0.15, 0.2) is 18.2 Å². The summed E-state index contributed by atoms with van der Waals surface area (Å²) in [6.07, 6.45) is 4.92. The van der Waals surface area contributed by atoms with Crippen LogP contribution < -0.4 is 0 Å². The Hall–Kier alpha value is -1.88. The fourth-order valence-corrected chi connectivity index (χ4v) is 3.68. The van der Waals surface area contributed by atoms with Gasteiger partial charge in [0.05, 0.1) is 23.2 Å². The minimum absolute atomic E-state index is 0.279. The van der Waals surface area contributed by atoms with Crippen LogP contribution in [0.5, 0.6) is 0 Å². The van der Waals surface area contributed by atoms with Crippen LogP contribution in [0.3, 0.4) is 0 Å². The second-order valence-corrected chi connectivity index (χ2v) is 7.07. The first kappa shape index (κ1) is 17.9. The normalized spacial score (nSPS) is 15.8. The summed E-state index contributed by atoms with van der Waals surface area (Å²) in [6, 6.07) is 6.04. The molecule has 0 aliphatic carbocycles. The molecule has 5 heteroatoms. The number of imidazole rings is 1. The summed E-state index contributed by atoms with van der Waals surface area (Å²) in [4.78, 5) is 19.4. The molecule has 1 aromatic carbocycles. The summed E-state index contributed by atoms with van der Waals surface area (Å²) in [6.45, 7) is 10.0. The summed E-state index contributed by atoms with van der Waals surface area (Å²) >= 11 is 0. The van der Waals surface area contributed by atoms with Gasteiger partial charge in [-0.25, -0.2) is 9.78 Å². The second kappa shape index (κ2) is 8.00. The molecule has 5 nitrogen and oxygen atoms in total. The molecule has 0 N–H and O–H groups in total. The van der Waals surface area contributed by atoms with Gasteiger partial charge < -0.3 is 14.2 Å². The van der Waals surface area contributed by atoms with Crippen LogP contribution in [-0.4, -0.2) is 46.7 Å². The second-order valence-electron chi connectivity index (χ2n) is 7.07. The van der Waals surface area contributed by atoms with Crippen molar-refractivity contribution in [3.63, 3.8) is 0 Å². The van der Waals surface area contributed by atoms with E-state index in [1.807, 2.05) is 25.1 Å². The first-order valence-corrected chi connectivity index (χ1v) is 9.50. The van der Waals surface area contributed by atoms with E-state index in [2.05, 4.69) is 23.3 Å². The highest BCUT2D eigenvalue weighted by Crippen LogP contribution is 2.23. The largest absolute Gasteiger partial charge is 0.462 e. The molecule has 0 spiro atoms. The van der Waals surface area contributed by atoms with Gasteiger partial charge in [-0.1, -0.05) is 6.42 Å². The number of piperidine rings is 1. The van der Waals surface area contributed by atoms with E-state index in [0.29, 0.717) is 18.2 Å². The Morgan fingerprint density at radius 1 is 1.24 bits per heavy atom. The van der Waals surface area contributed by atoms with Gasteiger partial charge in [0.1, 0.15) is 5.82 Å². The maximum absolute atomic E-state index is 12.0. The summed E-state index contributed by atoms with van der Waals surface area (Å²) in [5, 5.41) is 0. The molecule has 0 bridgehead atoms. The van der Waals surface area contributed by atoms with Crippen LogP contribution in [0.1, 0.15) is 62.3 Å². The van der Waals surface area contributed by atoms with E-state index in [1.165, 1.54) is 32.4 Å². The first-order valence-electron chi connectivity index (χ1n) is 9.50. The molecule has 25 heavy (non-hydrogen) atoms. The number of rotatable bonds is 6. The lowest BCUT2D eigenvalue weighted by atomic mass is 10.1. The Kier molecular flexibility index (Phi) is 5.74. The van der Waals surface area contributed by atoms with E-state index in [1.54, 1.807) is 0 Å². The minimum atomic E-state index is -0.279. The molecule has 2 heterocycles. The molecule has 1 aliphatic rings. The van der Waals surface area contributed by atoms with Crippen molar-refractivity contribution in [1.29, 1.82) is 0 Å². The third-order valence-electron chi connectivity index (χ3n) is 4.89. The van der Waals surface area contributed by atoms with Crippen molar-refractivity contribution < 1.29 is 9.53 Å². The molecule has 1 fully saturated rings. The minimum Gasteiger partial charge on any atom is -0.462 e. The number of nitrogens with zero attached hydrogens (tertiary/aromatic N) is 3. The van der Waals surface area contributed by atoms with E-state index in [-0.39, 0.29) is 5.97 Å². The Morgan fingerprint density at radius 2 is 2.00 bits per heavy atom. The van der Waals surface area contributed by atoms with Crippen LogP contribution in [-0.2, 0) is 11.2 Å². The average molecular weight is 343 g/mol. The highest BCUT2D eigenvalue weighted by atomic mass is 16.5. The van der Waals surface area contributed by atoms with Crippen molar-refractivity contribution >= 4 is 17.0 Å². The predicted octanol–water partition coefficient (Wildman–Crippen LogP) is 3.82. The molecule has 1 aliphatic heterocycles. The highest BCUT2D eigenvalue weighted by Gasteiger charge is 2.17. The number of carbonyl (C=O) groups is 1. The maximum atomic E-state index is 12.0. The van der Waals surface area contributed by atoms with Crippen molar-refractivity contribution in [3.05, 3.63) is 29.6 Å². The molecule has 136 valence electrons. The summed E-state index contributed by atoms with van der Waals surface area (Å²) < 4.78 is 7.41. The SMILES string of the molecule is CCOC(=O)c1ccc2c(c1)nc(CCN1CCCCC1)n2C(C)C. The van der Waals surface area contributed by atoms with Crippen LogP contribution in [0, 0.1) is 0 Å². The molecule has 1 saturated heterocycles. The molecular weight excluding hydrogens is 314 g/mol. The third kappa shape index (κ3) is 4.03. The standard InChI is InChI=1S/C20H29N3O2/c1-4-25-20(24)16-8-9-18-17(14-16)21-19(23(18)15(2)3)10-13-22-11-6-5-7-12-22/h8-9,14-15H,4-7,10-13H2,1-3H3. The zero-order chi connectivity index (χ0) is 17.8. The third-order valence-corrected chi connectivity index (χ3v) is 4.89. The average Bonchev–Trinajstić information content (AvgIpc) is 2.98. The summed E-state index contributed by atoms with van der Waals surface area (Å²) in [5.41, 5.74) is 2.55. The number of hydrogen-bond acceptors (Lipinski definition) is 4. The summed E-state index contributed by atoms with van der Waals surface area (Å²) in [5.74, 6) is 0.829. The highest BCUT2D eigenvalue weighted by molar-refractivity contribution is 5.93. The Balaban J connectivity index is 1.85. The number of ether oxygens (including phenoxy) is 1. The van der Waals surface area contributed by atoms with Gasteiger partial charge in [0.15, 0.2) is 0 Å². The summed E-state index contributed by atoms with van der Waals surface area (Å²) in [7, 11) is 0. The lowest BCUT2D eigenvalue weighted by Gasteiger charge is -2.26. The van der Waals surface area contributed by atoms with E-state index in [9.17, 15) is 4.79 Å². The van der Waals surface area contributed by atoms with Crippen molar-refractivity contribution in [2.45, 2.75) is 52.5 Å². The van der Waals surface area contributed by atoms with Crippen LogP contribution >= 0.6 is 0 Å². The van der Waals surface area contributed by atoms with E-state index >= 15 is 0 Å². The Morgan fingerprint density at radius 3 is 2.68 bits per heavy atom.